The lowest BCUT2D eigenvalue weighted by atomic mass is 10.2. The molecule has 0 fully saturated rings. The number of nitriles is 2. The van der Waals surface area contributed by atoms with E-state index in [1.807, 2.05) is 0 Å². The molecule has 0 heterocycles. The standard InChI is InChI=1S/C21H12F4N4O5S2/c1-34-18-3-2-13(35(30,31)28-20-14(22)4-11(9-26)5-15(20)23)8-19(18)36(32,33)29-21-16(24)6-12(10-27)7-17(21)25/h2-8,28-29H,1H3. The zero-order chi connectivity index (χ0) is 26.8. The minimum atomic E-state index is -4.92. The molecule has 15 heteroatoms. The molecule has 3 aromatic rings. The number of nitrogens with one attached hydrogen (secondary N) is 2. The number of anilines is 2. The third kappa shape index (κ3) is 5.17. The van der Waals surface area contributed by atoms with Crippen molar-refractivity contribution in [1.29, 1.82) is 10.5 Å². The van der Waals surface area contributed by atoms with Crippen molar-refractivity contribution in [2.75, 3.05) is 16.6 Å². The Morgan fingerprint density at radius 3 is 1.53 bits per heavy atom. The van der Waals surface area contributed by atoms with Crippen LogP contribution in [0.3, 0.4) is 0 Å². The second kappa shape index (κ2) is 9.73. The Hall–Kier alpha value is -4.34. The smallest absolute Gasteiger partial charge is 0.265 e. The second-order valence-corrected chi connectivity index (χ2v) is 10.2. The molecule has 0 amide bonds. The number of sulfonamides is 2. The Morgan fingerprint density at radius 2 is 1.14 bits per heavy atom. The molecule has 0 radical (unpaired) electrons. The summed E-state index contributed by atoms with van der Waals surface area (Å²) in [6.07, 6.45) is 0. The average Bonchev–Trinajstić information content (AvgIpc) is 2.82. The molecule has 0 saturated heterocycles. The van der Waals surface area contributed by atoms with E-state index in [0.29, 0.717) is 30.3 Å². The van der Waals surface area contributed by atoms with Gasteiger partial charge in [-0.1, -0.05) is 0 Å². The van der Waals surface area contributed by atoms with Gasteiger partial charge in [0.05, 0.1) is 35.3 Å². The minimum Gasteiger partial charge on any atom is -0.495 e. The highest BCUT2D eigenvalue weighted by Crippen LogP contribution is 2.32. The van der Waals surface area contributed by atoms with Crippen LogP contribution in [0.4, 0.5) is 28.9 Å². The van der Waals surface area contributed by atoms with Crippen LogP contribution in [0.5, 0.6) is 5.75 Å². The van der Waals surface area contributed by atoms with Gasteiger partial charge in [-0.05, 0) is 42.5 Å². The number of hydrogen-bond donors (Lipinski definition) is 2. The van der Waals surface area contributed by atoms with Gasteiger partial charge in [-0.3, -0.25) is 9.44 Å². The van der Waals surface area contributed by atoms with E-state index < -0.39 is 81.4 Å². The van der Waals surface area contributed by atoms with E-state index in [1.165, 1.54) is 12.1 Å². The molecular formula is C21H12F4N4O5S2. The summed E-state index contributed by atoms with van der Waals surface area (Å²) in [5.41, 5.74) is -3.12. The zero-order valence-electron chi connectivity index (χ0n) is 17.8. The molecule has 0 aromatic heterocycles. The largest absolute Gasteiger partial charge is 0.495 e. The van der Waals surface area contributed by atoms with Gasteiger partial charge in [0.1, 0.15) is 22.0 Å². The molecule has 0 aliphatic heterocycles. The van der Waals surface area contributed by atoms with Crippen molar-refractivity contribution in [3.63, 3.8) is 0 Å². The number of benzene rings is 3. The third-order valence-electron chi connectivity index (χ3n) is 4.55. The van der Waals surface area contributed by atoms with Crippen molar-refractivity contribution < 1.29 is 39.1 Å². The molecule has 186 valence electrons. The first-order valence-electron chi connectivity index (χ1n) is 9.35. The number of halogens is 4. The van der Waals surface area contributed by atoms with E-state index in [-0.39, 0.29) is 0 Å². The van der Waals surface area contributed by atoms with E-state index in [9.17, 15) is 34.4 Å². The predicted octanol–water partition coefficient (Wildman–Crippen LogP) is 3.60. The maximum Gasteiger partial charge on any atom is 0.265 e. The molecule has 0 bridgehead atoms. The maximum absolute atomic E-state index is 14.2. The molecule has 0 unspecified atom stereocenters. The summed E-state index contributed by atoms with van der Waals surface area (Å²) in [4.78, 5) is -1.70. The summed E-state index contributed by atoms with van der Waals surface area (Å²) in [7, 11) is -8.71. The van der Waals surface area contributed by atoms with Gasteiger partial charge in [0.25, 0.3) is 20.0 Å². The molecule has 3 aromatic carbocycles. The van der Waals surface area contributed by atoms with Gasteiger partial charge < -0.3 is 4.74 Å². The van der Waals surface area contributed by atoms with Crippen LogP contribution in [0.1, 0.15) is 11.1 Å². The topological polar surface area (TPSA) is 149 Å². The van der Waals surface area contributed by atoms with Crippen LogP contribution in [0, 0.1) is 45.9 Å². The van der Waals surface area contributed by atoms with Crippen LogP contribution in [-0.4, -0.2) is 23.9 Å². The number of hydrogen-bond acceptors (Lipinski definition) is 7. The van der Waals surface area contributed by atoms with Crippen LogP contribution in [0.15, 0.2) is 52.3 Å². The normalized spacial score (nSPS) is 11.3. The molecular weight excluding hydrogens is 528 g/mol. The SMILES string of the molecule is COc1ccc(S(=O)(=O)Nc2c(F)cc(C#N)cc2F)cc1S(=O)(=O)Nc1c(F)cc(C#N)cc1F. The minimum absolute atomic E-state index is 0.417. The lowest BCUT2D eigenvalue weighted by Crippen LogP contribution is -2.19. The molecule has 3 rings (SSSR count). The third-order valence-corrected chi connectivity index (χ3v) is 7.27. The maximum atomic E-state index is 14.2. The Morgan fingerprint density at radius 1 is 0.722 bits per heavy atom. The van der Waals surface area contributed by atoms with Crippen molar-refractivity contribution in [1.82, 2.24) is 0 Å². The van der Waals surface area contributed by atoms with Gasteiger partial charge in [0, 0.05) is 0 Å². The summed E-state index contributed by atoms with van der Waals surface area (Å²) in [5.74, 6) is -6.11. The van der Waals surface area contributed by atoms with Gasteiger partial charge in [-0.15, -0.1) is 0 Å². The Balaban J connectivity index is 2.07. The van der Waals surface area contributed by atoms with Crippen LogP contribution in [0.25, 0.3) is 0 Å². The molecule has 0 aliphatic rings. The van der Waals surface area contributed by atoms with Gasteiger partial charge in [-0.2, -0.15) is 10.5 Å². The monoisotopic (exact) mass is 540 g/mol. The van der Waals surface area contributed by atoms with Gasteiger partial charge >= 0.3 is 0 Å². The van der Waals surface area contributed by atoms with Crippen LogP contribution < -0.4 is 14.2 Å². The fourth-order valence-electron chi connectivity index (χ4n) is 2.89. The van der Waals surface area contributed by atoms with Gasteiger partial charge in [0.15, 0.2) is 23.3 Å². The van der Waals surface area contributed by atoms with Crippen molar-refractivity contribution in [3.8, 4) is 17.9 Å². The number of rotatable bonds is 7. The molecule has 0 atom stereocenters. The quantitative estimate of drug-likeness (QED) is 0.435. The second-order valence-electron chi connectivity index (χ2n) is 6.88. The first kappa shape index (κ1) is 26.3. The first-order chi connectivity index (χ1) is 16.8. The van der Waals surface area contributed by atoms with E-state index in [2.05, 4.69) is 0 Å². The molecule has 0 saturated carbocycles. The van der Waals surface area contributed by atoms with E-state index in [1.54, 1.807) is 9.44 Å². The van der Waals surface area contributed by atoms with Crippen molar-refractivity contribution >= 4 is 31.4 Å². The summed E-state index contributed by atoms with van der Waals surface area (Å²) >= 11 is 0. The van der Waals surface area contributed by atoms with Crippen molar-refractivity contribution in [2.24, 2.45) is 0 Å². The Labute approximate surface area is 202 Å². The number of ether oxygens (including phenoxy) is 1. The number of nitrogens with zero attached hydrogens (tertiary/aromatic N) is 2. The lowest BCUT2D eigenvalue weighted by molar-refractivity contribution is 0.402. The van der Waals surface area contributed by atoms with Gasteiger partial charge in [-0.25, -0.2) is 34.4 Å². The number of methoxy groups -OCH3 is 1. The highest BCUT2D eigenvalue weighted by Gasteiger charge is 2.27. The predicted molar refractivity (Wildman–Crippen MR) is 117 cm³/mol. The fraction of sp³-hybridized carbons (Fsp3) is 0.0476. The van der Waals surface area contributed by atoms with E-state index in [0.717, 1.165) is 19.2 Å². The van der Waals surface area contributed by atoms with Crippen LogP contribution >= 0.6 is 0 Å². The fourth-order valence-corrected chi connectivity index (χ4v) is 5.34. The van der Waals surface area contributed by atoms with E-state index in [4.69, 9.17) is 15.3 Å². The van der Waals surface area contributed by atoms with Crippen LogP contribution in [-0.2, 0) is 20.0 Å². The lowest BCUT2D eigenvalue weighted by Gasteiger charge is -2.15. The molecule has 2 N–H and O–H groups in total. The molecule has 0 spiro atoms. The highest BCUT2D eigenvalue weighted by molar-refractivity contribution is 7.93. The van der Waals surface area contributed by atoms with Crippen molar-refractivity contribution in [2.45, 2.75) is 9.79 Å². The zero-order valence-corrected chi connectivity index (χ0v) is 19.4. The Kier molecular flexibility index (Phi) is 7.10. The molecule has 9 nitrogen and oxygen atoms in total. The van der Waals surface area contributed by atoms with Crippen LogP contribution in [0.2, 0.25) is 0 Å². The summed E-state index contributed by atoms with van der Waals surface area (Å²) in [6.45, 7) is 0. The summed E-state index contributed by atoms with van der Waals surface area (Å²) in [6, 6.07) is 7.55. The summed E-state index contributed by atoms with van der Waals surface area (Å²) < 4.78 is 116. The molecule has 0 aliphatic carbocycles. The van der Waals surface area contributed by atoms with E-state index >= 15 is 0 Å². The van der Waals surface area contributed by atoms with Gasteiger partial charge in [0.2, 0.25) is 0 Å². The average molecular weight is 540 g/mol. The molecule has 36 heavy (non-hydrogen) atoms. The highest BCUT2D eigenvalue weighted by atomic mass is 32.2. The first-order valence-corrected chi connectivity index (χ1v) is 12.3. The summed E-state index contributed by atoms with van der Waals surface area (Å²) in [5, 5.41) is 17.5. The van der Waals surface area contributed by atoms with Crippen molar-refractivity contribution in [3.05, 3.63) is 76.9 Å². The Bertz CT molecular complexity index is 1640.